The van der Waals surface area contributed by atoms with Gasteiger partial charge >= 0.3 is 0 Å². The molecule has 3 aliphatic carbocycles. The normalized spacial score (nSPS) is 20.7. The summed E-state index contributed by atoms with van der Waals surface area (Å²) in [7, 11) is 0. The van der Waals surface area contributed by atoms with Crippen LogP contribution < -0.4 is 31.1 Å². The van der Waals surface area contributed by atoms with E-state index in [-0.39, 0.29) is 50.2 Å². The zero-order valence-electron chi connectivity index (χ0n) is 57.1. The predicted molar refractivity (Wildman–Crippen MR) is 387 cm³/mol. The van der Waals surface area contributed by atoms with Gasteiger partial charge in [-0.25, -0.2) is 0 Å². The van der Waals surface area contributed by atoms with Crippen molar-refractivity contribution < 1.29 is 0 Å². The molecule has 3 nitrogen and oxygen atoms in total. The molecule has 0 bridgehead atoms. The minimum atomic E-state index is -0.280. The minimum Gasteiger partial charge on any atom is -0.334 e. The van der Waals surface area contributed by atoms with E-state index in [0.717, 1.165) is 19.3 Å². The Bertz CT molecular complexity index is 4420. The molecule has 0 amide bonds. The second kappa shape index (κ2) is 19.7. The molecular formula is C86H94BN3. The second-order valence-corrected chi connectivity index (χ2v) is 33.4. The highest BCUT2D eigenvalue weighted by Crippen LogP contribution is 2.63. The molecule has 0 aromatic heterocycles. The highest BCUT2D eigenvalue weighted by molar-refractivity contribution is 7.00. The third-order valence-electron chi connectivity index (χ3n) is 23.6. The van der Waals surface area contributed by atoms with Crippen LogP contribution >= 0.6 is 0 Å². The first-order valence-electron chi connectivity index (χ1n) is 34.1. The Hall–Kier alpha value is -7.56. The molecule has 0 spiro atoms. The van der Waals surface area contributed by atoms with Gasteiger partial charge in [0.15, 0.2) is 0 Å². The second-order valence-electron chi connectivity index (χ2n) is 33.4. The quantitative estimate of drug-likeness (QED) is 0.159. The van der Waals surface area contributed by atoms with Crippen molar-refractivity contribution in [2.45, 2.75) is 206 Å². The minimum absolute atomic E-state index is 0.00151. The molecule has 1 saturated carbocycles. The maximum absolute atomic E-state index is 2.88. The van der Waals surface area contributed by atoms with Gasteiger partial charge in [-0.15, -0.1) is 0 Å². The first-order valence-corrected chi connectivity index (χ1v) is 34.1. The first kappa shape index (κ1) is 58.8. The summed E-state index contributed by atoms with van der Waals surface area (Å²) < 4.78 is 0. The van der Waals surface area contributed by atoms with Gasteiger partial charge in [-0.1, -0.05) is 245 Å². The van der Waals surface area contributed by atoms with E-state index in [0.29, 0.717) is 0 Å². The fraction of sp³-hybridized carbons (Fsp3) is 0.372. The average Bonchev–Trinajstić information content (AvgIpc) is 1.04. The molecular weight excluding hydrogens is 1090 g/mol. The molecule has 9 aromatic rings. The summed E-state index contributed by atoms with van der Waals surface area (Å²) in [4.78, 5) is 8.47. The van der Waals surface area contributed by atoms with Crippen molar-refractivity contribution in [1.29, 1.82) is 0 Å². The van der Waals surface area contributed by atoms with Crippen LogP contribution in [0.15, 0.2) is 176 Å². The van der Waals surface area contributed by atoms with Gasteiger partial charge in [-0.05, 0) is 198 Å². The topological polar surface area (TPSA) is 9.72 Å². The Morgan fingerprint density at radius 1 is 0.367 bits per heavy atom. The van der Waals surface area contributed by atoms with Gasteiger partial charge in [-0.2, -0.15) is 0 Å². The molecule has 3 aliphatic heterocycles. The maximum Gasteiger partial charge on any atom is 0.252 e. The van der Waals surface area contributed by atoms with E-state index in [2.05, 4.69) is 308 Å². The molecule has 15 rings (SSSR count). The van der Waals surface area contributed by atoms with Crippen molar-refractivity contribution in [3.63, 3.8) is 0 Å². The fourth-order valence-electron chi connectivity index (χ4n) is 18.1. The number of hydrogen-bond acceptors (Lipinski definition) is 3. The molecule has 90 heavy (non-hydrogen) atoms. The average molecular weight is 1180 g/mol. The lowest BCUT2D eigenvalue weighted by atomic mass is 9.32. The van der Waals surface area contributed by atoms with Gasteiger partial charge in [-0.3, -0.25) is 0 Å². The number of aryl methyl sites for hydroxylation is 1. The van der Waals surface area contributed by atoms with Crippen LogP contribution in [0.5, 0.6) is 0 Å². The lowest BCUT2D eigenvalue weighted by molar-refractivity contribution is 0.195. The van der Waals surface area contributed by atoms with Crippen LogP contribution in [0.25, 0.3) is 22.3 Å². The van der Waals surface area contributed by atoms with Crippen molar-refractivity contribution in [3.8, 4) is 22.3 Å². The van der Waals surface area contributed by atoms with E-state index < -0.39 is 0 Å². The van der Waals surface area contributed by atoms with E-state index in [1.807, 2.05) is 0 Å². The molecule has 456 valence electrons. The lowest BCUT2D eigenvalue weighted by Gasteiger charge is -2.51. The third-order valence-corrected chi connectivity index (χ3v) is 23.6. The van der Waals surface area contributed by atoms with Gasteiger partial charge in [0, 0.05) is 61.5 Å². The van der Waals surface area contributed by atoms with Crippen LogP contribution in [0.1, 0.15) is 212 Å². The number of rotatable bonds is 5. The van der Waals surface area contributed by atoms with Crippen molar-refractivity contribution in [2.24, 2.45) is 0 Å². The van der Waals surface area contributed by atoms with E-state index in [4.69, 9.17) is 0 Å². The zero-order chi connectivity index (χ0) is 63.2. The summed E-state index contributed by atoms with van der Waals surface area (Å²) >= 11 is 0. The van der Waals surface area contributed by atoms with Crippen LogP contribution in [0, 0.1) is 0 Å². The van der Waals surface area contributed by atoms with Gasteiger partial charge in [0.2, 0.25) is 0 Å². The number of nitrogens with zero attached hydrogens (tertiary/aromatic N) is 3. The van der Waals surface area contributed by atoms with Crippen LogP contribution in [0.3, 0.4) is 0 Å². The molecule has 6 aliphatic rings. The van der Waals surface area contributed by atoms with Crippen molar-refractivity contribution in [1.82, 2.24) is 0 Å². The summed E-state index contributed by atoms with van der Waals surface area (Å²) in [5.41, 5.74) is 32.5. The van der Waals surface area contributed by atoms with Crippen molar-refractivity contribution in [2.75, 3.05) is 14.7 Å². The monoisotopic (exact) mass is 1180 g/mol. The molecule has 1 fully saturated rings. The molecule has 0 N–H and O–H groups in total. The summed E-state index contributed by atoms with van der Waals surface area (Å²) in [6.07, 6.45) is 8.12. The Kier molecular flexibility index (Phi) is 12.9. The standard InChI is InChI=1S/C86H94BN3/c1-79(2,3)57-36-39-71(61(46-57)54-29-20-18-21-30-54)88-74-52-65-56(33-28-42-82(65,10)11)45-69(74)87-70-51-66-67(84(14,15)64-35-25-24-34-63(64)83(66,12)13)53-75(70)89(72-40-37-58(80(4,5)6)47-62(72)55-31-22-19-23-32-55)77-50-60(49-76(88)78(77)87)90-73-41-38-59(81(7,8)9)48-68(73)85(16)43-26-27-44-86(85,90)17/h18-25,29-32,34-41,45-53H,26-28,33,42-44H2,1-17H3. The zero-order valence-corrected chi connectivity index (χ0v) is 57.1. The van der Waals surface area contributed by atoms with Crippen molar-refractivity contribution >= 4 is 68.6 Å². The SMILES string of the molecule is CC(C)(C)c1ccc(N2c3cc4c(cc3B3c5cc6c(cc5N(c5ccc(C(C)(C)C)cc5-c5ccccc5)c5cc(N7c8ccc(C(C)(C)C)cc8C8(C)CCCCC78C)cc2c53)C(C)(C)c2ccccc2C6(C)C)CCCC4(C)C)c(-c2ccccc2)c1. The number of hydrogen-bond donors (Lipinski definition) is 0. The van der Waals surface area contributed by atoms with E-state index in [1.54, 1.807) is 0 Å². The molecule has 3 heterocycles. The van der Waals surface area contributed by atoms with E-state index >= 15 is 0 Å². The van der Waals surface area contributed by atoms with Gasteiger partial charge < -0.3 is 14.7 Å². The summed E-state index contributed by atoms with van der Waals surface area (Å²) in [6.45, 7) is 41.5. The Balaban J connectivity index is 1.14. The number of anilines is 8. The van der Waals surface area contributed by atoms with E-state index in [9.17, 15) is 0 Å². The summed E-state index contributed by atoms with van der Waals surface area (Å²) in [6, 6.07) is 70.8. The third kappa shape index (κ3) is 8.57. The Morgan fingerprint density at radius 2 is 0.822 bits per heavy atom. The largest absolute Gasteiger partial charge is 0.334 e. The van der Waals surface area contributed by atoms with Crippen LogP contribution in [-0.4, -0.2) is 12.3 Å². The van der Waals surface area contributed by atoms with Crippen LogP contribution in [-0.2, 0) is 44.3 Å². The van der Waals surface area contributed by atoms with Gasteiger partial charge in [0.05, 0.1) is 16.9 Å². The fourth-order valence-corrected chi connectivity index (χ4v) is 18.1. The first-order chi connectivity index (χ1) is 42.5. The Morgan fingerprint density at radius 3 is 1.34 bits per heavy atom. The number of fused-ring (bicyclic) bond motifs is 10. The molecule has 0 saturated heterocycles. The van der Waals surface area contributed by atoms with Crippen molar-refractivity contribution in [3.05, 3.63) is 232 Å². The smallest absolute Gasteiger partial charge is 0.252 e. The highest BCUT2D eigenvalue weighted by atomic mass is 15.3. The molecule has 2 unspecified atom stereocenters. The summed E-state index contributed by atoms with van der Waals surface area (Å²) in [5.74, 6) is 0. The number of benzene rings is 9. The van der Waals surface area contributed by atoms with E-state index in [1.165, 1.54) is 165 Å². The molecule has 2 atom stereocenters. The lowest BCUT2D eigenvalue weighted by Crippen LogP contribution is -2.62. The predicted octanol–water partition coefficient (Wildman–Crippen LogP) is 21.3. The molecule has 4 heteroatoms. The highest BCUT2D eigenvalue weighted by Gasteiger charge is 2.59. The summed E-state index contributed by atoms with van der Waals surface area (Å²) in [5, 5.41) is 0. The van der Waals surface area contributed by atoms with Crippen LogP contribution in [0.2, 0.25) is 0 Å². The molecule has 0 radical (unpaired) electrons. The van der Waals surface area contributed by atoms with Gasteiger partial charge in [0.1, 0.15) is 0 Å². The Labute approximate surface area is 540 Å². The molecule has 9 aromatic carbocycles. The van der Waals surface area contributed by atoms with Crippen LogP contribution in [0.4, 0.5) is 45.5 Å². The maximum atomic E-state index is 2.88. The van der Waals surface area contributed by atoms with Gasteiger partial charge in [0.25, 0.3) is 6.71 Å².